The Kier molecular flexibility index (Phi) is 4.62. The van der Waals surface area contributed by atoms with Gasteiger partial charge in [-0.15, -0.1) is 12.4 Å². The zero-order valence-corrected chi connectivity index (χ0v) is 14.0. The number of aromatic amines is 1. The monoisotopic (exact) mass is 352 g/mol. The Hall–Kier alpha value is -1.56. The molecule has 2 atom stereocenters. The lowest BCUT2D eigenvalue weighted by molar-refractivity contribution is 0.0776. The van der Waals surface area contributed by atoms with E-state index < -0.39 is 0 Å². The topological polar surface area (TPSA) is 61.0 Å². The molecule has 23 heavy (non-hydrogen) atoms. The van der Waals surface area contributed by atoms with Gasteiger partial charge in [-0.2, -0.15) is 5.10 Å². The van der Waals surface area contributed by atoms with E-state index in [9.17, 15) is 4.79 Å². The van der Waals surface area contributed by atoms with Crippen LogP contribution in [0.25, 0.3) is 11.3 Å². The summed E-state index contributed by atoms with van der Waals surface area (Å²) in [7, 11) is 0. The van der Waals surface area contributed by atoms with Crippen molar-refractivity contribution in [3.05, 3.63) is 41.0 Å². The third-order valence-electron chi connectivity index (χ3n) is 4.63. The molecular weight excluding hydrogens is 335 g/mol. The molecule has 4 rings (SSSR count). The van der Waals surface area contributed by atoms with Gasteiger partial charge in [0, 0.05) is 31.7 Å². The number of aromatic nitrogens is 2. The van der Waals surface area contributed by atoms with E-state index in [0.717, 1.165) is 31.7 Å². The largest absolute Gasteiger partial charge is 0.337 e. The van der Waals surface area contributed by atoms with Crippen LogP contribution in [0.5, 0.6) is 0 Å². The fraction of sp³-hybridized carbons (Fsp3) is 0.375. The quantitative estimate of drug-likeness (QED) is 0.872. The Labute approximate surface area is 145 Å². The summed E-state index contributed by atoms with van der Waals surface area (Å²) in [5, 5.41) is 11.1. The molecule has 1 amide bonds. The van der Waals surface area contributed by atoms with Crippen LogP contribution in [0, 0.1) is 11.8 Å². The number of halogens is 2. The Morgan fingerprint density at radius 1 is 1.22 bits per heavy atom. The van der Waals surface area contributed by atoms with Gasteiger partial charge in [0.1, 0.15) is 5.69 Å². The first-order valence-corrected chi connectivity index (χ1v) is 7.90. The average Bonchev–Trinajstić information content (AvgIpc) is 3.22. The van der Waals surface area contributed by atoms with Crippen molar-refractivity contribution < 1.29 is 4.79 Å². The SMILES string of the molecule is Cl.O=C(c1cc(-c2ccccc2Cl)n[nH]1)N1C[C@H]2CNC[C@H]2C1. The molecule has 2 fully saturated rings. The van der Waals surface area contributed by atoms with E-state index >= 15 is 0 Å². The lowest BCUT2D eigenvalue weighted by Crippen LogP contribution is -2.32. The molecule has 2 N–H and O–H groups in total. The van der Waals surface area contributed by atoms with Crippen LogP contribution in [0.4, 0.5) is 0 Å². The van der Waals surface area contributed by atoms with Gasteiger partial charge in [-0.1, -0.05) is 29.8 Å². The summed E-state index contributed by atoms with van der Waals surface area (Å²) in [6, 6.07) is 9.30. The molecule has 2 aromatic rings. The predicted molar refractivity (Wildman–Crippen MR) is 92.0 cm³/mol. The van der Waals surface area contributed by atoms with E-state index in [-0.39, 0.29) is 18.3 Å². The fourth-order valence-electron chi connectivity index (χ4n) is 3.43. The van der Waals surface area contributed by atoms with Gasteiger partial charge < -0.3 is 10.2 Å². The number of rotatable bonds is 2. The van der Waals surface area contributed by atoms with Crippen molar-refractivity contribution in [2.75, 3.05) is 26.2 Å². The zero-order chi connectivity index (χ0) is 15.1. The Morgan fingerprint density at radius 3 is 2.61 bits per heavy atom. The van der Waals surface area contributed by atoms with Crippen LogP contribution in [0.1, 0.15) is 10.5 Å². The highest BCUT2D eigenvalue weighted by Gasteiger charge is 2.38. The van der Waals surface area contributed by atoms with Crippen molar-refractivity contribution in [3.8, 4) is 11.3 Å². The molecule has 122 valence electrons. The van der Waals surface area contributed by atoms with E-state index in [1.165, 1.54) is 0 Å². The van der Waals surface area contributed by atoms with Gasteiger partial charge in [-0.25, -0.2) is 0 Å². The number of benzene rings is 1. The number of likely N-dealkylation sites (tertiary alicyclic amines) is 1. The van der Waals surface area contributed by atoms with Crippen LogP contribution in [0.15, 0.2) is 30.3 Å². The number of amides is 1. The Balaban J connectivity index is 0.00000156. The van der Waals surface area contributed by atoms with Crippen molar-refractivity contribution in [3.63, 3.8) is 0 Å². The third kappa shape index (κ3) is 2.96. The first-order valence-electron chi connectivity index (χ1n) is 7.52. The molecule has 5 nitrogen and oxygen atoms in total. The second-order valence-corrected chi connectivity index (χ2v) is 6.44. The number of H-pyrrole nitrogens is 1. The van der Waals surface area contributed by atoms with E-state index in [0.29, 0.717) is 28.2 Å². The number of nitrogens with zero attached hydrogens (tertiary/aromatic N) is 2. The number of fused-ring (bicyclic) bond motifs is 1. The number of carbonyl (C=O) groups is 1. The lowest BCUT2D eigenvalue weighted by Gasteiger charge is -2.16. The molecule has 0 unspecified atom stereocenters. The minimum absolute atomic E-state index is 0. The van der Waals surface area contributed by atoms with Crippen LogP contribution < -0.4 is 5.32 Å². The van der Waals surface area contributed by atoms with Crippen molar-refractivity contribution in [1.82, 2.24) is 20.4 Å². The van der Waals surface area contributed by atoms with Crippen LogP contribution in [-0.2, 0) is 0 Å². The molecule has 2 aliphatic rings. The third-order valence-corrected chi connectivity index (χ3v) is 4.96. The zero-order valence-electron chi connectivity index (χ0n) is 12.5. The van der Waals surface area contributed by atoms with Crippen LogP contribution >= 0.6 is 24.0 Å². The average molecular weight is 353 g/mol. The van der Waals surface area contributed by atoms with Gasteiger partial charge in [0.15, 0.2) is 0 Å². The Morgan fingerprint density at radius 2 is 1.91 bits per heavy atom. The molecule has 1 aromatic heterocycles. The molecule has 0 bridgehead atoms. The molecule has 0 spiro atoms. The normalized spacial score (nSPS) is 22.7. The highest BCUT2D eigenvalue weighted by atomic mass is 35.5. The molecule has 3 heterocycles. The summed E-state index contributed by atoms with van der Waals surface area (Å²) >= 11 is 6.18. The van der Waals surface area contributed by atoms with Crippen LogP contribution in [-0.4, -0.2) is 47.2 Å². The lowest BCUT2D eigenvalue weighted by atomic mass is 10.0. The summed E-state index contributed by atoms with van der Waals surface area (Å²) in [5.41, 5.74) is 2.07. The molecule has 0 saturated carbocycles. The summed E-state index contributed by atoms with van der Waals surface area (Å²) in [5.74, 6) is 1.21. The molecule has 2 aliphatic heterocycles. The van der Waals surface area contributed by atoms with Gasteiger partial charge in [0.2, 0.25) is 0 Å². The standard InChI is InChI=1S/C16H17ClN4O.ClH/c17-13-4-2-1-3-12(13)14-5-15(20-19-14)16(22)21-8-10-6-18-7-11(10)9-21;/h1-5,10-11,18H,6-9H2,(H,19,20);1H/t10-,11+;. The van der Waals surface area contributed by atoms with E-state index in [1.54, 1.807) is 6.07 Å². The summed E-state index contributed by atoms with van der Waals surface area (Å²) in [4.78, 5) is 14.5. The maximum Gasteiger partial charge on any atom is 0.271 e. The van der Waals surface area contributed by atoms with Gasteiger partial charge in [-0.3, -0.25) is 9.89 Å². The van der Waals surface area contributed by atoms with Crippen molar-refractivity contribution in [2.24, 2.45) is 11.8 Å². The van der Waals surface area contributed by atoms with Crippen LogP contribution in [0.2, 0.25) is 5.02 Å². The van der Waals surface area contributed by atoms with Gasteiger partial charge in [0.05, 0.1) is 10.7 Å². The highest BCUT2D eigenvalue weighted by molar-refractivity contribution is 6.33. The van der Waals surface area contributed by atoms with Crippen molar-refractivity contribution >= 4 is 29.9 Å². The maximum absolute atomic E-state index is 12.6. The molecule has 2 saturated heterocycles. The second-order valence-electron chi connectivity index (χ2n) is 6.04. The van der Waals surface area contributed by atoms with Crippen LogP contribution in [0.3, 0.4) is 0 Å². The van der Waals surface area contributed by atoms with Gasteiger partial charge >= 0.3 is 0 Å². The number of hydrogen-bond donors (Lipinski definition) is 2. The first-order chi connectivity index (χ1) is 10.7. The van der Waals surface area contributed by atoms with Gasteiger partial charge in [0.25, 0.3) is 5.91 Å². The predicted octanol–water partition coefficient (Wildman–Crippen LogP) is 2.44. The first kappa shape index (κ1) is 16.3. The maximum atomic E-state index is 12.6. The van der Waals surface area contributed by atoms with E-state index in [2.05, 4.69) is 15.5 Å². The van der Waals surface area contributed by atoms with Gasteiger partial charge in [-0.05, 0) is 24.0 Å². The summed E-state index contributed by atoms with van der Waals surface area (Å²) in [6.07, 6.45) is 0. The minimum atomic E-state index is 0. The molecule has 7 heteroatoms. The van der Waals surface area contributed by atoms with E-state index in [4.69, 9.17) is 11.6 Å². The highest BCUT2D eigenvalue weighted by Crippen LogP contribution is 2.29. The molecule has 0 aliphatic carbocycles. The minimum Gasteiger partial charge on any atom is -0.337 e. The molecular formula is C16H18Cl2N4O. The number of nitrogens with one attached hydrogen (secondary N) is 2. The van der Waals surface area contributed by atoms with E-state index in [1.807, 2.05) is 29.2 Å². The smallest absolute Gasteiger partial charge is 0.271 e. The number of carbonyl (C=O) groups excluding carboxylic acids is 1. The van der Waals surface area contributed by atoms with Crippen molar-refractivity contribution in [2.45, 2.75) is 0 Å². The van der Waals surface area contributed by atoms with Crippen molar-refractivity contribution in [1.29, 1.82) is 0 Å². The Bertz CT molecular complexity index is 706. The second kappa shape index (κ2) is 6.51. The molecule has 0 radical (unpaired) electrons. The summed E-state index contributed by atoms with van der Waals surface area (Å²) in [6.45, 7) is 3.69. The summed E-state index contributed by atoms with van der Waals surface area (Å²) < 4.78 is 0. The number of hydrogen-bond acceptors (Lipinski definition) is 3. The molecule has 1 aromatic carbocycles. The fourth-order valence-corrected chi connectivity index (χ4v) is 3.66.